The van der Waals surface area contributed by atoms with Crippen LogP contribution in [-0.4, -0.2) is 38.9 Å². The number of nitrogens with one attached hydrogen (secondary N) is 1. The summed E-state index contributed by atoms with van der Waals surface area (Å²) in [6, 6.07) is 12.7. The molecule has 1 amide bonds. The van der Waals surface area contributed by atoms with Crippen molar-refractivity contribution < 1.29 is 17.9 Å². The van der Waals surface area contributed by atoms with Gasteiger partial charge in [-0.2, -0.15) is 0 Å². The van der Waals surface area contributed by atoms with Gasteiger partial charge in [0.05, 0.1) is 11.5 Å². The number of hydrogen-bond donors (Lipinski definition) is 1. The van der Waals surface area contributed by atoms with Crippen LogP contribution < -0.4 is 9.46 Å². The molecule has 140 valence electrons. The number of ether oxygens (including phenoxy) is 1. The van der Waals surface area contributed by atoms with Crippen molar-refractivity contribution in [2.75, 3.05) is 24.4 Å². The maximum Gasteiger partial charge on any atom is 0.261 e. The van der Waals surface area contributed by atoms with E-state index in [2.05, 4.69) is 4.72 Å². The van der Waals surface area contributed by atoms with Gasteiger partial charge in [0.1, 0.15) is 5.75 Å². The number of sulfonamides is 1. The molecule has 0 aliphatic carbocycles. The second-order valence-electron chi connectivity index (χ2n) is 5.57. The Morgan fingerprint density at radius 3 is 2.27 bits per heavy atom. The van der Waals surface area contributed by atoms with Crippen LogP contribution in [0.25, 0.3) is 0 Å². The monoisotopic (exact) mass is 376 g/mol. The smallest absolute Gasteiger partial charge is 0.261 e. The quantitative estimate of drug-likeness (QED) is 0.766. The average molecular weight is 376 g/mol. The fourth-order valence-corrected chi connectivity index (χ4v) is 3.59. The Balaban J connectivity index is 2.23. The van der Waals surface area contributed by atoms with E-state index < -0.39 is 10.0 Å². The van der Waals surface area contributed by atoms with Gasteiger partial charge >= 0.3 is 0 Å². The molecule has 0 aromatic heterocycles. The summed E-state index contributed by atoms with van der Waals surface area (Å²) in [5, 5.41) is 0. The molecular formula is C19H24N2O4S. The highest BCUT2D eigenvalue weighted by molar-refractivity contribution is 7.92. The van der Waals surface area contributed by atoms with Crippen molar-refractivity contribution in [1.82, 2.24) is 4.90 Å². The Hall–Kier alpha value is -2.54. The molecule has 0 fully saturated rings. The highest BCUT2D eigenvalue weighted by Gasteiger charge is 2.18. The van der Waals surface area contributed by atoms with E-state index in [0.29, 0.717) is 36.7 Å². The predicted octanol–water partition coefficient (Wildman–Crippen LogP) is 3.37. The van der Waals surface area contributed by atoms with Crippen molar-refractivity contribution in [3.63, 3.8) is 0 Å². The summed E-state index contributed by atoms with van der Waals surface area (Å²) in [6.07, 6.45) is 0. The number of hydrogen-bond acceptors (Lipinski definition) is 4. The molecule has 2 aromatic rings. The lowest BCUT2D eigenvalue weighted by atomic mass is 10.2. The molecule has 0 bridgehead atoms. The van der Waals surface area contributed by atoms with Crippen molar-refractivity contribution >= 4 is 21.6 Å². The lowest BCUT2D eigenvalue weighted by Gasteiger charge is -2.19. The van der Waals surface area contributed by atoms with E-state index in [1.54, 1.807) is 41.3 Å². The minimum atomic E-state index is -3.80. The zero-order chi connectivity index (χ0) is 19.2. The van der Waals surface area contributed by atoms with Crippen molar-refractivity contribution in [2.45, 2.75) is 25.7 Å². The van der Waals surface area contributed by atoms with Crippen molar-refractivity contribution in [3.05, 3.63) is 54.1 Å². The van der Waals surface area contributed by atoms with E-state index in [1.165, 1.54) is 12.1 Å². The van der Waals surface area contributed by atoms with Crippen LogP contribution in [-0.2, 0) is 10.0 Å². The molecule has 0 aliphatic rings. The lowest BCUT2D eigenvalue weighted by Crippen LogP contribution is -2.30. The summed E-state index contributed by atoms with van der Waals surface area (Å²) >= 11 is 0. The summed E-state index contributed by atoms with van der Waals surface area (Å²) in [5.41, 5.74) is 0.775. The number of carbonyl (C=O) groups excluding carboxylic acids is 1. The molecule has 2 rings (SSSR count). The fourth-order valence-electron chi connectivity index (χ4n) is 2.49. The molecule has 0 atom stereocenters. The van der Waals surface area contributed by atoms with Gasteiger partial charge in [0, 0.05) is 24.3 Å². The summed E-state index contributed by atoms with van der Waals surface area (Å²) in [4.78, 5) is 14.1. The third-order valence-corrected chi connectivity index (χ3v) is 5.24. The second-order valence-corrected chi connectivity index (χ2v) is 7.25. The van der Waals surface area contributed by atoms with E-state index in [1.807, 2.05) is 20.8 Å². The van der Waals surface area contributed by atoms with Gasteiger partial charge < -0.3 is 9.64 Å². The van der Waals surface area contributed by atoms with Crippen LogP contribution in [0.15, 0.2) is 53.4 Å². The minimum Gasteiger partial charge on any atom is -0.494 e. The van der Waals surface area contributed by atoms with Crippen LogP contribution in [0.1, 0.15) is 31.1 Å². The Labute approximate surface area is 154 Å². The Morgan fingerprint density at radius 2 is 1.69 bits per heavy atom. The van der Waals surface area contributed by atoms with Gasteiger partial charge in [-0.15, -0.1) is 0 Å². The molecule has 26 heavy (non-hydrogen) atoms. The number of anilines is 1. The van der Waals surface area contributed by atoms with Crippen LogP contribution in [0.4, 0.5) is 5.69 Å². The number of carbonyl (C=O) groups is 1. The molecule has 7 heteroatoms. The van der Waals surface area contributed by atoms with Gasteiger partial charge in [-0.1, -0.05) is 6.07 Å². The highest BCUT2D eigenvalue weighted by Crippen LogP contribution is 2.20. The van der Waals surface area contributed by atoms with Crippen LogP contribution >= 0.6 is 0 Å². The summed E-state index contributed by atoms with van der Waals surface area (Å²) in [6.45, 7) is 7.32. The predicted molar refractivity (Wildman–Crippen MR) is 102 cm³/mol. The Morgan fingerprint density at radius 1 is 1.04 bits per heavy atom. The van der Waals surface area contributed by atoms with Crippen LogP contribution in [0.3, 0.4) is 0 Å². The topological polar surface area (TPSA) is 75.7 Å². The number of rotatable bonds is 8. The second kappa shape index (κ2) is 8.71. The van der Waals surface area contributed by atoms with E-state index in [9.17, 15) is 13.2 Å². The summed E-state index contributed by atoms with van der Waals surface area (Å²) in [5.74, 6) is 0.482. The number of nitrogens with zero attached hydrogens (tertiary/aromatic N) is 1. The van der Waals surface area contributed by atoms with Gasteiger partial charge in [0.15, 0.2) is 0 Å². The lowest BCUT2D eigenvalue weighted by molar-refractivity contribution is 0.0772. The van der Waals surface area contributed by atoms with Gasteiger partial charge in [-0.05, 0) is 63.2 Å². The molecule has 6 nitrogen and oxygen atoms in total. The zero-order valence-electron chi connectivity index (χ0n) is 15.2. The SMILES string of the molecule is CCOc1ccc(NS(=O)(=O)c2cccc(C(=O)N(CC)CC)c2)cc1. The van der Waals surface area contributed by atoms with E-state index in [4.69, 9.17) is 4.74 Å². The molecule has 2 aromatic carbocycles. The van der Waals surface area contributed by atoms with Gasteiger partial charge in [-0.3, -0.25) is 9.52 Å². The first-order valence-electron chi connectivity index (χ1n) is 8.56. The van der Waals surface area contributed by atoms with Crippen molar-refractivity contribution in [1.29, 1.82) is 0 Å². The summed E-state index contributed by atoms with van der Waals surface area (Å²) in [7, 11) is -3.80. The van der Waals surface area contributed by atoms with Crippen LogP contribution in [0, 0.1) is 0 Å². The Kier molecular flexibility index (Phi) is 6.63. The maximum absolute atomic E-state index is 12.6. The fraction of sp³-hybridized carbons (Fsp3) is 0.316. The van der Waals surface area contributed by atoms with E-state index in [0.717, 1.165) is 0 Å². The normalized spacial score (nSPS) is 11.0. The number of benzene rings is 2. The van der Waals surface area contributed by atoms with Crippen molar-refractivity contribution in [2.24, 2.45) is 0 Å². The summed E-state index contributed by atoms with van der Waals surface area (Å²) < 4.78 is 33.1. The molecule has 0 heterocycles. The number of amides is 1. The van der Waals surface area contributed by atoms with Gasteiger partial charge in [0.2, 0.25) is 0 Å². The third kappa shape index (κ3) is 4.76. The molecule has 1 N–H and O–H groups in total. The molecular weight excluding hydrogens is 352 g/mol. The zero-order valence-corrected chi connectivity index (χ0v) is 16.0. The van der Waals surface area contributed by atoms with Crippen LogP contribution in [0.5, 0.6) is 5.75 Å². The molecule has 0 unspecified atom stereocenters. The minimum absolute atomic E-state index is 0.0457. The first kappa shape index (κ1) is 19.8. The third-order valence-electron chi connectivity index (χ3n) is 3.86. The van der Waals surface area contributed by atoms with Gasteiger partial charge in [0.25, 0.3) is 15.9 Å². The standard InChI is InChI=1S/C19H24N2O4S/c1-4-21(5-2)19(22)15-8-7-9-18(14-15)26(23,24)20-16-10-12-17(13-11-16)25-6-3/h7-14,20H,4-6H2,1-3H3. The molecule has 0 aliphatic heterocycles. The maximum atomic E-state index is 12.6. The molecule has 0 radical (unpaired) electrons. The van der Waals surface area contributed by atoms with Crippen molar-refractivity contribution in [3.8, 4) is 5.75 Å². The first-order chi connectivity index (χ1) is 12.4. The largest absolute Gasteiger partial charge is 0.494 e. The molecule has 0 spiro atoms. The Bertz CT molecular complexity index is 844. The average Bonchev–Trinajstić information content (AvgIpc) is 2.64. The molecule has 0 saturated carbocycles. The van der Waals surface area contributed by atoms with E-state index in [-0.39, 0.29) is 10.8 Å². The first-order valence-corrected chi connectivity index (χ1v) is 10.0. The van der Waals surface area contributed by atoms with E-state index >= 15 is 0 Å². The highest BCUT2D eigenvalue weighted by atomic mass is 32.2. The van der Waals surface area contributed by atoms with Gasteiger partial charge in [-0.25, -0.2) is 8.42 Å². The molecule has 0 saturated heterocycles. The van der Waals surface area contributed by atoms with Crippen LogP contribution in [0.2, 0.25) is 0 Å².